The van der Waals surface area contributed by atoms with Crippen molar-refractivity contribution in [2.24, 2.45) is 4.99 Å². The monoisotopic (exact) mass is 446 g/mol. The lowest BCUT2D eigenvalue weighted by atomic mass is 10.0. The maximum absolute atomic E-state index is 13.2. The second kappa shape index (κ2) is 11.8. The third-order valence-corrected chi connectivity index (χ3v) is 5.44. The normalized spacial score (nSPS) is 12.8. The molecule has 1 heterocycles. The minimum atomic E-state index is -0.415. The number of nitrogens with one attached hydrogen (secondary N) is 2. The maximum Gasteiger partial charge on any atom is 0.270 e. The molecule has 3 amide bonds. The molecule has 0 unspecified atom stereocenters. The molecule has 0 radical (unpaired) electrons. The Morgan fingerprint density at radius 2 is 1.67 bits per heavy atom. The van der Waals surface area contributed by atoms with Gasteiger partial charge in [-0.1, -0.05) is 61.9 Å². The van der Waals surface area contributed by atoms with E-state index in [4.69, 9.17) is 0 Å². The zero-order valence-corrected chi connectivity index (χ0v) is 19.1. The van der Waals surface area contributed by atoms with E-state index in [2.05, 4.69) is 22.5 Å². The summed E-state index contributed by atoms with van der Waals surface area (Å²) in [6.45, 7) is 2.83. The Morgan fingerprint density at radius 3 is 2.30 bits per heavy atom. The van der Waals surface area contributed by atoms with Gasteiger partial charge in [0.25, 0.3) is 11.8 Å². The van der Waals surface area contributed by atoms with Crippen molar-refractivity contribution in [2.45, 2.75) is 26.2 Å². The minimum absolute atomic E-state index is 0.0742. The summed E-state index contributed by atoms with van der Waals surface area (Å²) in [6, 6.07) is 18.8. The van der Waals surface area contributed by atoms with Crippen LogP contribution in [0.4, 0.5) is 0 Å². The first-order valence-electron chi connectivity index (χ1n) is 11.2. The van der Waals surface area contributed by atoms with Gasteiger partial charge >= 0.3 is 0 Å². The van der Waals surface area contributed by atoms with Gasteiger partial charge in [0.2, 0.25) is 5.91 Å². The van der Waals surface area contributed by atoms with Crippen molar-refractivity contribution in [3.8, 4) is 0 Å². The molecular formula is C26H30N4O3. The quantitative estimate of drug-likeness (QED) is 0.588. The average Bonchev–Trinajstić information content (AvgIpc) is 3.29. The molecule has 2 aromatic carbocycles. The Balaban J connectivity index is 1.88. The van der Waals surface area contributed by atoms with E-state index < -0.39 is 5.91 Å². The Bertz CT molecular complexity index is 1050. The first kappa shape index (κ1) is 23.9. The van der Waals surface area contributed by atoms with Crippen molar-refractivity contribution in [1.82, 2.24) is 15.5 Å². The number of hydrogen-bond acceptors (Lipinski definition) is 4. The molecule has 7 heteroatoms. The van der Waals surface area contributed by atoms with Gasteiger partial charge in [0.15, 0.2) is 0 Å². The molecule has 0 saturated carbocycles. The lowest BCUT2D eigenvalue weighted by Gasteiger charge is -2.24. The van der Waals surface area contributed by atoms with Crippen molar-refractivity contribution in [3.63, 3.8) is 0 Å². The van der Waals surface area contributed by atoms with Crippen molar-refractivity contribution in [1.29, 1.82) is 0 Å². The predicted octanol–water partition coefficient (Wildman–Crippen LogP) is 2.94. The molecule has 0 aromatic heterocycles. The van der Waals surface area contributed by atoms with Gasteiger partial charge in [-0.05, 0) is 29.7 Å². The number of hydrogen-bond donors (Lipinski definition) is 2. The van der Waals surface area contributed by atoms with Crippen LogP contribution >= 0.6 is 0 Å². The zero-order chi connectivity index (χ0) is 23.6. The molecule has 7 nitrogen and oxygen atoms in total. The van der Waals surface area contributed by atoms with Gasteiger partial charge in [-0.3, -0.25) is 14.4 Å². The van der Waals surface area contributed by atoms with Gasteiger partial charge in [0.1, 0.15) is 5.70 Å². The summed E-state index contributed by atoms with van der Waals surface area (Å²) in [4.78, 5) is 44.2. The van der Waals surface area contributed by atoms with Crippen molar-refractivity contribution < 1.29 is 14.4 Å². The third-order valence-electron chi connectivity index (χ3n) is 5.44. The lowest BCUT2D eigenvalue weighted by molar-refractivity contribution is -0.124. The topological polar surface area (TPSA) is 90.9 Å². The van der Waals surface area contributed by atoms with E-state index in [0.717, 1.165) is 29.7 Å². The average molecular weight is 447 g/mol. The van der Waals surface area contributed by atoms with Crippen LogP contribution in [0.5, 0.6) is 0 Å². The van der Waals surface area contributed by atoms with Crippen LogP contribution in [-0.2, 0) is 9.59 Å². The highest BCUT2D eigenvalue weighted by atomic mass is 16.2. The second-order valence-corrected chi connectivity index (χ2v) is 7.86. The summed E-state index contributed by atoms with van der Waals surface area (Å²) in [5, 5.41) is 5.12. The van der Waals surface area contributed by atoms with E-state index in [9.17, 15) is 14.4 Å². The number of nitrogens with zero attached hydrogens (tertiary/aromatic N) is 2. The maximum atomic E-state index is 13.2. The van der Waals surface area contributed by atoms with E-state index >= 15 is 0 Å². The number of rotatable bonds is 10. The molecule has 0 atom stereocenters. The van der Waals surface area contributed by atoms with Gasteiger partial charge in [0, 0.05) is 32.1 Å². The molecule has 33 heavy (non-hydrogen) atoms. The molecule has 1 aliphatic heterocycles. The molecule has 1 aliphatic rings. The Labute approximate surface area is 194 Å². The van der Waals surface area contributed by atoms with Crippen molar-refractivity contribution >= 4 is 23.4 Å². The number of amides is 3. The van der Waals surface area contributed by atoms with Gasteiger partial charge in [-0.2, -0.15) is 0 Å². The molecule has 3 rings (SSSR count). The molecule has 0 saturated heterocycles. The van der Waals surface area contributed by atoms with E-state index in [-0.39, 0.29) is 24.1 Å². The Morgan fingerprint density at radius 1 is 1.00 bits per heavy atom. The molecule has 0 bridgehead atoms. The number of benzene rings is 2. The lowest BCUT2D eigenvalue weighted by Crippen LogP contribution is -2.37. The number of carbonyl (C=O) groups excluding carboxylic acids is 3. The van der Waals surface area contributed by atoms with Crippen LogP contribution < -0.4 is 10.6 Å². The number of likely N-dealkylation sites (N-methyl/N-ethyl adjacent to an activating group) is 1. The molecule has 0 aliphatic carbocycles. The SMILES string of the molecule is CCCCN(CC1=C(C(=O)NCC(=O)NC)N=C(c2ccccc2)C1)C(=O)c1ccccc1. The summed E-state index contributed by atoms with van der Waals surface area (Å²) < 4.78 is 0. The number of unbranched alkanes of at least 4 members (excludes halogenated alkanes) is 1. The van der Waals surface area contributed by atoms with Crippen LogP contribution in [0, 0.1) is 0 Å². The van der Waals surface area contributed by atoms with Crippen LogP contribution in [0.3, 0.4) is 0 Å². The molecular weight excluding hydrogens is 416 g/mol. The summed E-state index contributed by atoms with van der Waals surface area (Å²) >= 11 is 0. The van der Waals surface area contributed by atoms with Crippen molar-refractivity contribution in [2.75, 3.05) is 26.7 Å². The number of aliphatic imine (C=N–C) groups is 1. The summed E-state index contributed by atoms with van der Waals surface area (Å²) in [6.07, 6.45) is 2.27. The van der Waals surface area contributed by atoms with Gasteiger partial charge in [-0.25, -0.2) is 4.99 Å². The van der Waals surface area contributed by atoms with Crippen molar-refractivity contribution in [3.05, 3.63) is 83.1 Å². The van der Waals surface area contributed by atoms with Gasteiger partial charge in [0.05, 0.1) is 12.3 Å². The highest BCUT2D eigenvalue weighted by Crippen LogP contribution is 2.25. The second-order valence-electron chi connectivity index (χ2n) is 7.86. The largest absolute Gasteiger partial charge is 0.358 e. The molecule has 0 fully saturated rings. The van der Waals surface area contributed by atoms with E-state index in [1.54, 1.807) is 17.0 Å². The van der Waals surface area contributed by atoms with E-state index in [1.165, 1.54) is 7.05 Å². The van der Waals surface area contributed by atoms with Crippen LogP contribution in [0.1, 0.15) is 42.1 Å². The van der Waals surface area contributed by atoms with Crippen LogP contribution in [-0.4, -0.2) is 55.0 Å². The van der Waals surface area contributed by atoms with Crippen LogP contribution in [0.2, 0.25) is 0 Å². The number of carbonyl (C=O) groups is 3. The zero-order valence-electron chi connectivity index (χ0n) is 19.1. The molecule has 2 N–H and O–H groups in total. The van der Waals surface area contributed by atoms with E-state index in [1.807, 2.05) is 48.5 Å². The van der Waals surface area contributed by atoms with Crippen LogP contribution in [0.15, 0.2) is 76.9 Å². The Kier molecular flexibility index (Phi) is 8.52. The Hall–Kier alpha value is -3.74. The summed E-state index contributed by atoms with van der Waals surface area (Å²) in [7, 11) is 1.52. The first-order chi connectivity index (χ1) is 16.0. The fourth-order valence-corrected chi connectivity index (χ4v) is 3.61. The van der Waals surface area contributed by atoms with Gasteiger partial charge < -0.3 is 15.5 Å². The predicted molar refractivity (Wildman–Crippen MR) is 129 cm³/mol. The fourth-order valence-electron chi connectivity index (χ4n) is 3.61. The standard InChI is InChI=1S/C26H30N4O3/c1-3-4-15-30(26(33)20-13-9-6-10-14-20)18-21-16-22(19-11-7-5-8-12-19)29-24(21)25(32)28-17-23(31)27-2/h5-14H,3-4,15-18H2,1-2H3,(H,27,31)(H,28,32). The highest BCUT2D eigenvalue weighted by molar-refractivity contribution is 6.10. The molecule has 0 spiro atoms. The van der Waals surface area contributed by atoms with Gasteiger partial charge in [-0.15, -0.1) is 0 Å². The first-order valence-corrected chi connectivity index (χ1v) is 11.2. The molecule has 2 aromatic rings. The summed E-state index contributed by atoms with van der Waals surface area (Å²) in [5.74, 6) is -0.781. The summed E-state index contributed by atoms with van der Waals surface area (Å²) in [5.41, 5.74) is 3.36. The smallest absolute Gasteiger partial charge is 0.270 e. The molecule has 172 valence electrons. The fraction of sp³-hybridized carbons (Fsp3) is 0.308. The minimum Gasteiger partial charge on any atom is -0.358 e. The third kappa shape index (κ3) is 6.38. The highest BCUT2D eigenvalue weighted by Gasteiger charge is 2.27. The van der Waals surface area contributed by atoms with Crippen LogP contribution in [0.25, 0.3) is 0 Å². The van der Waals surface area contributed by atoms with E-state index in [0.29, 0.717) is 25.1 Å².